The Labute approximate surface area is 113 Å². The van der Waals surface area contributed by atoms with E-state index in [-0.39, 0.29) is 17.7 Å². The molecule has 0 aromatic carbocycles. The van der Waals surface area contributed by atoms with Crippen molar-refractivity contribution in [3.8, 4) is 0 Å². The lowest BCUT2D eigenvalue weighted by molar-refractivity contribution is -0.131. The van der Waals surface area contributed by atoms with Crippen LogP contribution in [0.15, 0.2) is 0 Å². The van der Waals surface area contributed by atoms with E-state index < -0.39 is 0 Å². The SMILES string of the molecule is NNC1CCC(CC(=O)N2CCC(C(N)=O)C2)CC1. The predicted octanol–water partition coefficient (Wildman–Crippen LogP) is -0.268. The summed E-state index contributed by atoms with van der Waals surface area (Å²) in [5.74, 6) is 5.62. The van der Waals surface area contributed by atoms with Crippen molar-refractivity contribution in [1.82, 2.24) is 10.3 Å². The number of hydrazine groups is 1. The number of hydrogen-bond donors (Lipinski definition) is 3. The molecule has 1 saturated carbocycles. The van der Waals surface area contributed by atoms with Gasteiger partial charge in [-0.3, -0.25) is 20.9 Å². The van der Waals surface area contributed by atoms with E-state index in [9.17, 15) is 9.59 Å². The number of nitrogens with zero attached hydrogens (tertiary/aromatic N) is 1. The molecule has 2 rings (SSSR count). The lowest BCUT2D eigenvalue weighted by Crippen LogP contribution is -2.39. The van der Waals surface area contributed by atoms with Crippen molar-refractivity contribution >= 4 is 11.8 Å². The van der Waals surface area contributed by atoms with Gasteiger partial charge in [0, 0.05) is 25.6 Å². The summed E-state index contributed by atoms with van der Waals surface area (Å²) in [5, 5.41) is 0. The van der Waals surface area contributed by atoms with Crippen molar-refractivity contribution in [1.29, 1.82) is 0 Å². The van der Waals surface area contributed by atoms with Crippen molar-refractivity contribution in [3.63, 3.8) is 0 Å². The second-order valence-corrected chi connectivity index (χ2v) is 5.82. The molecular formula is C13H24N4O2. The maximum atomic E-state index is 12.2. The highest BCUT2D eigenvalue weighted by atomic mass is 16.2. The largest absolute Gasteiger partial charge is 0.369 e. The predicted molar refractivity (Wildman–Crippen MR) is 71.6 cm³/mol. The smallest absolute Gasteiger partial charge is 0.222 e. The average molecular weight is 268 g/mol. The summed E-state index contributed by atoms with van der Waals surface area (Å²) < 4.78 is 0. The third kappa shape index (κ3) is 3.67. The fraction of sp³-hybridized carbons (Fsp3) is 0.846. The molecule has 1 saturated heterocycles. The maximum Gasteiger partial charge on any atom is 0.222 e. The number of rotatable bonds is 4. The molecule has 1 aliphatic carbocycles. The lowest BCUT2D eigenvalue weighted by Gasteiger charge is -2.28. The quantitative estimate of drug-likeness (QED) is 0.482. The van der Waals surface area contributed by atoms with Crippen LogP contribution in [-0.2, 0) is 9.59 Å². The highest BCUT2D eigenvalue weighted by Gasteiger charge is 2.31. The minimum atomic E-state index is -0.287. The van der Waals surface area contributed by atoms with Gasteiger partial charge in [0.15, 0.2) is 0 Å². The number of nitrogens with one attached hydrogen (secondary N) is 1. The Bertz CT molecular complexity index is 340. The van der Waals surface area contributed by atoms with Gasteiger partial charge >= 0.3 is 0 Å². The zero-order chi connectivity index (χ0) is 13.8. The van der Waals surface area contributed by atoms with Crippen LogP contribution in [0.25, 0.3) is 0 Å². The van der Waals surface area contributed by atoms with Crippen LogP contribution >= 0.6 is 0 Å². The third-order valence-corrected chi connectivity index (χ3v) is 4.49. The molecule has 1 atom stereocenters. The van der Waals surface area contributed by atoms with Gasteiger partial charge in [-0.25, -0.2) is 0 Å². The summed E-state index contributed by atoms with van der Waals surface area (Å²) in [7, 11) is 0. The van der Waals surface area contributed by atoms with Crippen molar-refractivity contribution in [2.45, 2.75) is 44.6 Å². The maximum absolute atomic E-state index is 12.2. The van der Waals surface area contributed by atoms with Gasteiger partial charge < -0.3 is 10.6 Å². The molecule has 1 heterocycles. The Morgan fingerprint density at radius 3 is 2.37 bits per heavy atom. The van der Waals surface area contributed by atoms with E-state index in [1.165, 1.54) is 0 Å². The summed E-state index contributed by atoms with van der Waals surface area (Å²) in [6.45, 7) is 1.18. The number of nitrogens with two attached hydrogens (primary N) is 2. The Kier molecular flexibility index (Phi) is 4.76. The normalized spacial score (nSPS) is 31.4. The Morgan fingerprint density at radius 1 is 1.16 bits per heavy atom. The summed E-state index contributed by atoms with van der Waals surface area (Å²) >= 11 is 0. The monoisotopic (exact) mass is 268 g/mol. The number of amides is 2. The number of carbonyl (C=O) groups is 2. The topological polar surface area (TPSA) is 101 Å². The van der Waals surface area contributed by atoms with Crippen LogP contribution in [-0.4, -0.2) is 35.8 Å². The first kappa shape index (κ1) is 14.3. The van der Waals surface area contributed by atoms with Crippen LogP contribution in [0.3, 0.4) is 0 Å². The van der Waals surface area contributed by atoms with Crippen LogP contribution in [0.2, 0.25) is 0 Å². The second kappa shape index (κ2) is 6.34. The van der Waals surface area contributed by atoms with Gasteiger partial charge in [-0.1, -0.05) is 0 Å². The van der Waals surface area contributed by atoms with E-state index in [0.29, 0.717) is 37.9 Å². The van der Waals surface area contributed by atoms with E-state index in [4.69, 9.17) is 11.6 Å². The molecule has 1 unspecified atom stereocenters. The molecule has 6 heteroatoms. The third-order valence-electron chi connectivity index (χ3n) is 4.49. The lowest BCUT2D eigenvalue weighted by atomic mass is 9.84. The molecule has 0 radical (unpaired) electrons. The Balaban J connectivity index is 1.75. The van der Waals surface area contributed by atoms with E-state index in [0.717, 1.165) is 25.7 Å². The Morgan fingerprint density at radius 2 is 1.84 bits per heavy atom. The number of carbonyl (C=O) groups excluding carboxylic acids is 2. The minimum absolute atomic E-state index is 0.152. The van der Waals surface area contributed by atoms with E-state index in [1.807, 2.05) is 0 Å². The van der Waals surface area contributed by atoms with Crippen molar-refractivity contribution < 1.29 is 9.59 Å². The van der Waals surface area contributed by atoms with Gasteiger partial charge in [-0.2, -0.15) is 0 Å². The fourth-order valence-corrected chi connectivity index (χ4v) is 3.13. The fourth-order valence-electron chi connectivity index (χ4n) is 3.13. The first-order valence-electron chi connectivity index (χ1n) is 7.13. The molecule has 108 valence electrons. The molecule has 6 nitrogen and oxygen atoms in total. The molecular weight excluding hydrogens is 244 g/mol. The number of likely N-dealkylation sites (tertiary alicyclic amines) is 1. The van der Waals surface area contributed by atoms with Crippen LogP contribution in [0.5, 0.6) is 0 Å². The highest BCUT2D eigenvalue weighted by Crippen LogP contribution is 2.28. The summed E-state index contributed by atoms with van der Waals surface area (Å²) in [5.41, 5.74) is 8.08. The molecule has 2 amide bonds. The van der Waals surface area contributed by atoms with Gasteiger partial charge in [0.2, 0.25) is 11.8 Å². The van der Waals surface area contributed by atoms with E-state index >= 15 is 0 Å². The van der Waals surface area contributed by atoms with Crippen molar-refractivity contribution in [2.24, 2.45) is 23.4 Å². The molecule has 0 aromatic rings. The summed E-state index contributed by atoms with van der Waals surface area (Å²) in [6, 6.07) is 0.400. The molecule has 5 N–H and O–H groups in total. The first-order chi connectivity index (χ1) is 9.10. The molecule has 1 aliphatic heterocycles. The summed E-state index contributed by atoms with van der Waals surface area (Å²) in [4.78, 5) is 25.1. The van der Waals surface area contributed by atoms with Gasteiger partial charge in [0.1, 0.15) is 0 Å². The standard InChI is InChI=1S/C13H24N4O2/c14-13(19)10-5-6-17(8-10)12(18)7-9-1-3-11(16-15)4-2-9/h9-11,16H,1-8,15H2,(H2,14,19). The van der Waals surface area contributed by atoms with Gasteiger partial charge in [0.05, 0.1) is 5.92 Å². The zero-order valence-corrected chi connectivity index (χ0v) is 11.3. The van der Waals surface area contributed by atoms with E-state index in [1.54, 1.807) is 4.90 Å². The van der Waals surface area contributed by atoms with Gasteiger partial charge in [-0.15, -0.1) is 0 Å². The molecule has 19 heavy (non-hydrogen) atoms. The molecule has 0 spiro atoms. The van der Waals surface area contributed by atoms with Crippen LogP contribution < -0.4 is 17.0 Å². The molecule has 2 fully saturated rings. The van der Waals surface area contributed by atoms with Crippen molar-refractivity contribution in [2.75, 3.05) is 13.1 Å². The van der Waals surface area contributed by atoms with Crippen LogP contribution in [0.1, 0.15) is 38.5 Å². The van der Waals surface area contributed by atoms with Gasteiger partial charge in [0.25, 0.3) is 0 Å². The number of primary amides is 1. The van der Waals surface area contributed by atoms with Crippen LogP contribution in [0, 0.1) is 11.8 Å². The zero-order valence-electron chi connectivity index (χ0n) is 11.3. The molecule has 0 aromatic heterocycles. The molecule has 2 aliphatic rings. The van der Waals surface area contributed by atoms with Gasteiger partial charge in [-0.05, 0) is 38.0 Å². The van der Waals surface area contributed by atoms with E-state index in [2.05, 4.69) is 5.43 Å². The van der Waals surface area contributed by atoms with Crippen LogP contribution in [0.4, 0.5) is 0 Å². The number of hydrogen-bond acceptors (Lipinski definition) is 4. The Hall–Kier alpha value is -1.14. The first-order valence-corrected chi connectivity index (χ1v) is 7.13. The summed E-state index contributed by atoms with van der Waals surface area (Å²) in [6.07, 6.45) is 5.49. The molecule has 0 bridgehead atoms. The second-order valence-electron chi connectivity index (χ2n) is 5.82. The average Bonchev–Trinajstić information content (AvgIpc) is 2.89. The highest BCUT2D eigenvalue weighted by molar-refractivity contribution is 5.81. The minimum Gasteiger partial charge on any atom is -0.369 e. The van der Waals surface area contributed by atoms with Crippen molar-refractivity contribution in [3.05, 3.63) is 0 Å².